The molecule has 1 unspecified atom stereocenters. The van der Waals surface area contributed by atoms with Gasteiger partial charge < -0.3 is 9.80 Å². The average Bonchev–Trinajstić information content (AvgIpc) is 2.96. The van der Waals surface area contributed by atoms with Crippen LogP contribution in [0.5, 0.6) is 0 Å². The molecule has 7 heteroatoms. The van der Waals surface area contributed by atoms with E-state index < -0.39 is 9.84 Å². The van der Waals surface area contributed by atoms with Crippen LogP contribution in [0, 0.1) is 0 Å². The summed E-state index contributed by atoms with van der Waals surface area (Å²) in [6, 6.07) is 11.9. The molecule has 1 atom stereocenters. The Morgan fingerprint density at radius 1 is 1.17 bits per heavy atom. The molecule has 1 saturated heterocycles. The minimum Gasteiger partial charge on any atom is -0.355 e. The van der Waals surface area contributed by atoms with Crippen LogP contribution < -0.4 is 9.80 Å². The first kappa shape index (κ1) is 16.7. The van der Waals surface area contributed by atoms with E-state index in [1.807, 2.05) is 48.3 Å². The summed E-state index contributed by atoms with van der Waals surface area (Å²) in [6.07, 6.45) is 2.19. The van der Waals surface area contributed by atoms with Gasteiger partial charge in [0.15, 0.2) is 9.84 Å². The molecule has 6 nitrogen and oxygen atoms in total. The summed E-state index contributed by atoms with van der Waals surface area (Å²) in [5.41, 5.74) is 1.07. The fraction of sp³-hybridized carbons (Fsp3) is 0.412. The zero-order chi connectivity index (χ0) is 17.2. The molecule has 0 aliphatic carbocycles. The molecule has 24 heavy (non-hydrogen) atoms. The Hall–Kier alpha value is -2.15. The Labute approximate surface area is 143 Å². The van der Waals surface area contributed by atoms with Crippen LogP contribution in [0.4, 0.5) is 17.3 Å². The van der Waals surface area contributed by atoms with Crippen molar-refractivity contribution in [1.82, 2.24) is 9.97 Å². The van der Waals surface area contributed by atoms with Crippen molar-refractivity contribution in [3.8, 4) is 0 Å². The van der Waals surface area contributed by atoms with Crippen LogP contribution in [0.1, 0.15) is 13.3 Å². The number of para-hydroxylation sites is 1. The van der Waals surface area contributed by atoms with Crippen LogP contribution in [0.3, 0.4) is 0 Å². The Balaban J connectivity index is 1.86. The predicted molar refractivity (Wildman–Crippen MR) is 96.6 cm³/mol. The molecule has 3 rings (SSSR count). The lowest BCUT2D eigenvalue weighted by atomic mass is 10.2. The van der Waals surface area contributed by atoms with Crippen molar-refractivity contribution in [3.05, 3.63) is 42.7 Å². The predicted octanol–water partition coefficient (Wildman–Crippen LogP) is 2.26. The van der Waals surface area contributed by atoms with Crippen LogP contribution in [0.15, 0.2) is 42.7 Å². The molecule has 128 valence electrons. The van der Waals surface area contributed by atoms with Gasteiger partial charge in [0.25, 0.3) is 0 Å². The van der Waals surface area contributed by atoms with E-state index >= 15 is 0 Å². The zero-order valence-corrected chi connectivity index (χ0v) is 14.8. The molecule has 0 N–H and O–H groups in total. The van der Waals surface area contributed by atoms with E-state index in [2.05, 4.69) is 21.8 Å². The number of hydrogen-bond acceptors (Lipinski definition) is 6. The second-order valence-corrected chi connectivity index (χ2v) is 8.21. The average molecular weight is 346 g/mol. The number of rotatable bonds is 5. The van der Waals surface area contributed by atoms with Crippen molar-refractivity contribution in [2.24, 2.45) is 0 Å². The number of anilines is 3. The van der Waals surface area contributed by atoms with E-state index in [-0.39, 0.29) is 17.5 Å². The van der Waals surface area contributed by atoms with Crippen LogP contribution >= 0.6 is 0 Å². The van der Waals surface area contributed by atoms with Gasteiger partial charge in [0, 0.05) is 31.4 Å². The van der Waals surface area contributed by atoms with Crippen molar-refractivity contribution in [2.75, 3.05) is 34.9 Å². The van der Waals surface area contributed by atoms with Gasteiger partial charge in [-0.15, -0.1) is 0 Å². The van der Waals surface area contributed by atoms with E-state index in [4.69, 9.17) is 0 Å². The van der Waals surface area contributed by atoms with E-state index in [1.165, 1.54) is 6.33 Å². The molecule has 1 aromatic heterocycles. The molecule has 1 aliphatic heterocycles. The summed E-state index contributed by atoms with van der Waals surface area (Å²) < 4.78 is 23.4. The molecule has 0 amide bonds. The van der Waals surface area contributed by atoms with Gasteiger partial charge in [-0.05, 0) is 25.5 Å². The number of aromatic nitrogens is 2. The second-order valence-electron chi connectivity index (χ2n) is 5.98. The molecule has 1 fully saturated rings. The number of nitrogens with zero attached hydrogens (tertiary/aromatic N) is 4. The SMILES string of the molecule is CCN(c1ccccc1)c1cc(N(C)C2CCS(=O)(=O)C2)ncn1. The van der Waals surface area contributed by atoms with Crippen LogP contribution in [-0.4, -0.2) is 49.5 Å². The quantitative estimate of drug-likeness (QED) is 0.827. The van der Waals surface area contributed by atoms with Gasteiger partial charge in [0.2, 0.25) is 0 Å². The monoisotopic (exact) mass is 346 g/mol. The lowest BCUT2D eigenvalue weighted by molar-refractivity contribution is 0.600. The lowest BCUT2D eigenvalue weighted by Gasteiger charge is -2.27. The van der Waals surface area contributed by atoms with Crippen molar-refractivity contribution in [1.29, 1.82) is 0 Å². The molecule has 0 saturated carbocycles. The Bertz CT molecular complexity index is 795. The summed E-state index contributed by atoms with van der Waals surface area (Å²) in [5, 5.41) is 0. The summed E-state index contributed by atoms with van der Waals surface area (Å²) >= 11 is 0. The first-order valence-electron chi connectivity index (χ1n) is 8.08. The van der Waals surface area contributed by atoms with Gasteiger partial charge >= 0.3 is 0 Å². The third-order valence-electron chi connectivity index (χ3n) is 4.42. The molecule has 0 radical (unpaired) electrons. The fourth-order valence-corrected chi connectivity index (χ4v) is 4.80. The van der Waals surface area contributed by atoms with Crippen LogP contribution in [0.2, 0.25) is 0 Å². The van der Waals surface area contributed by atoms with Gasteiger partial charge in [-0.25, -0.2) is 18.4 Å². The standard InChI is InChI=1S/C17H22N4O2S/c1-3-21(14-7-5-4-6-8-14)17-11-16(18-13-19-17)20(2)15-9-10-24(22,23)12-15/h4-8,11,13,15H,3,9-10,12H2,1-2H3. The number of sulfone groups is 1. The van der Waals surface area contributed by atoms with Crippen LogP contribution in [0.25, 0.3) is 0 Å². The zero-order valence-electron chi connectivity index (χ0n) is 14.0. The molecule has 1 aliphatic rings. The van der Waals surface area contributed by atoms with Crippen LogP contribution in [-0.2, 0) is 9.84 Å². The second kappa shape index (κ2) is 6.76. The summed E-state index contributed by atoms with van der Waals surface area (Å²) in [5.74, 6) is 2.00. The van der Waals surface area contributed by atoms with E-state index in [1.54, 1.807) is 0 Å². The smallest absolute Gasteiger partial charge is 0.152 e. The van der Waals surface area contributed by atoms with E-state index in [0.29, 0.717) is 6.42 Å². The van der Waals surface area contributed by atoms with Gasteiger partial charge in [0.1, 0.15) is 18.0 Å². The van der Waals surface area contributed by atoms with Crippen molar-refractivity contribution < 1.29 is 8.42 Å². The molecule has 1 aromatic carbocycles. The maximum Gasteiger partial charge on any atom is 0.152 e. The fourth-order valence-electron chi connectivity index (χ4n) is 3.03. The summed E-state index contributed by atoms with van der Waals surface area (Å²) in [6.45, 7) is 2.85. The highest BCUT2D eigenvalue weighted by atomic mass is 32.2. The first-order chi connectivity index (χ1) is 11.5. The van der Waals surface area contributed by atoms with Gasteiger partial charge in [-0.1, -0.05) is 18.2 Å². The Kier molecular flexibility index (Phi) is 4.71. The number of benzene rings is 1. The largest absolute Gasteiger partial charge is 0.355 e. The minimum atomic E-state index is -2.92. The normalized spacial score (nSPS) is 19.2. The van der Waals surface area contributed by atoms with Crippen molar-refractivity contribution in [3.63, 3.8) is 0 Å². The van der Waals surface area contributed by atoms with Crippen molar-refractivity contribution in [2.45, 2.75) is 19.4 Å². The minimum absolute atomic E-state index is 0.0236. The maximum atomic E-state index is 11.7. The van der Waals surface area contributed by atoms with Gasteiger partial charge in [0.05, 0.1) is 11.5 Å². The Morgan fingerprint density at radius 2 is 1.88 bits per heavy atom. The third-order valence-corrected chi connectivity index (χ3v) is 6.17. The maximum absolute atomic E-state index is 11.7. The third kappa shape index (κ3) is 3.51. The number of hydrogen-bond donors (Lipinski definition) is 0. The molecule has 0 spiro atoms. The highest BCUT2D eigenvalue weighted by molar-refractivity contribution is 7.91. The first-order valence-corrected chi connectivity index (χ1v) is 9.90. The molecule has 2 heterocycles. The summed E-state index contributed by atoms with van der Waals surface area (Å²) in [4.78, 5) is 12.8. The molecular formula is C17H22N4O2S. The molecule has 2 aromatic rings. The van der Waals surface area contributed by atoms with E-state index in [0.717, 1.165) is 23.9 Å². The van der Waals surface area contributed by atoms with Gasteiger partial charge in [-0.3, -0.25) is 0 Å². The summed E-state index contributed by atoms with van der Waals surface area (Å²) in [7, 11) is -1.02. The van der Waals surface area contributed by atoms with Crippen molar-refractivity contribution >= 4 is 27.2 Å². The van der Waals surface area contributed by atoms with Gasteiger partial charge in [-0.2, -0.15) is 0 Å². The van der Waals surface area contributed by atoms with E-state index in [9.17, 15) is 8.42 Å². The topological polar surface area (TPSA) is 66.4 Å². The highest BCUT2D eigenvalue weighted by Gasteiger charge is 2.31. The highest BCUT2D eigenvalue weighted by Crippen LogP contribution is 2.27. The molecular weight excluding hydrogens is 324 g/mol. The lowest BCUT2D eigenvalue weighted by Crippen LogP contribution is -2.33. The Morgan fingerprint density at radius 3 is 2.50 bits per heavy atom. The molecule has 0 bridgehead atoms.